The molecule has 0 unspecified atom stereocenters. The second-order valence-electron chi connectivity index (χ2n) is 2.60. The molecule has 0 radical (unpaired) electrons. The van der Waals surface area contributed by atoms with E-state index in [1.807, 2.05) is 31.2 Å². The van der Waals surface area contributed by atoms with E-state index in [4.69, 9.17) is 0 Å². The molecule has 0 saturated heterocycles. The van der Waals surface area contributed by atoms with Crippen molar-refractivity contribution >= 4 is 13.0 Å². The Morgan fingerprint density at radius 2 is 1.92 bits per heavy atom. The van der Waals surface area contributed by atoms with Crippen molar-refractivity contribution in [3.05, 3.63) is 40.6 Å². The first-order chi connectivity index (χ1) is 6.07. The number of benzene rings is 1. The summed E-state index contributed by atoms with van der Waals surface area (Å²) >= 11 is 0. The van der Waals surface area contributed by atoms with E-state index >= 15 is 0 Å². The van der Waals surface area contributed by atoms with E-state index in [1.165, 1.54) is 7.05 Å². The van der Waals surface area contributed by atoms with E-state index in [2.05, 4.69) is 6.72 Å². The maximum atomic E-state index is 10.2. The molecule has 0 bridgehead atoms. The lowest BCUT2D eigenvalue weighted by Crippen LogP contribution is -1.82. The standard InChI is InChI=1S/C8H8O.C2H5NO/c1-7-4-2-3-5-8(7)6-9;1-3(2)4/h2-6H,1H3;1H2,2H3. The lowest BCUT2D eigenvalue weighted by atomic mass is 10.1. The quantitative estimate of drug-likeness (QED) is 0.216. The largest absolute Gasteiger partial charge is 0.624 e. The number of hydrogen-bond acceptors (Lipinski definition) is 2. The lowest BCUT2D eigenvalue weighted by molar-refractivity contribution is -0.412. The average molecular weight is 179 g/mol. The minimum absolute atomic E-state index is 0.500. The van der Waals surface area contributed by atoms with Crippen LogP contribution < -0.4 is 0 Å². The summed E-state index contributed by atoms with van der Waals surface area (Å²) in [6.07, 6.45) is 0.870. The van der Waals surface area contributed by atoms with E-state index < -0.39 is 0 Å². The van der Waals surface area contributed by atoms with E-state index in [9.17, 15) is 10.0 Å². The first-order valence-electron chi connectivity index (χ1n) is 3.80. The van der Waals surface area contributed by atoms with Crippen molar-refractivity contribution in [3.8, 4) is 0 Å². The molecule has 0 saturated carbocycles. The highest BCUT2D eigenvalue weighted by molar-refractivity contribution is 5.76. The second kappa shape index (κ2) is 5.94. The molecular formula is C10H13NO2. The van der Waals surface area contributed by atoms with Crippen molar-refractivity contribution in [1.82, 2.24) is 0 Å². The van der Waals surface area contributed by atoms with Crippen LogP contribution in [0.2, 0.25) is 0 Å². The van der Waals surface area contributed by atoms with Gasteiger partial charge < -0.3 is 5.21 Å². The predicted molar refractivity (Wildman–Crippen MR) is 53.2 cm³/mol. The minimum atomic E-state index is 0.500. The smallest absolute Gasteiger partial charge is 0.150 e. The van der Waals surface area contributed by atoms with Gasteiger partial charge in [-0.3, -0.25) is 4.79 Å². The molecule has 1 rings (SSSR count). The fraction of sp³-hybridized carbons (Fsp3) is 0.200. The van der Waals surface area contributed by atoms with Crippen molar-refractivity contribution in [2.24, 2.45) is 0 Å². The zero-order valence-electron chi connectivity index (χ0n) is 7.86. The number of carbonyl (C=O) groups excluding carboxylic acids is 1. The molecule has 1 aromatic rings. The Morgan fingerprint density at radius 1 is 1.46 bits per heavy atom. The zero-order valence-corrected chi connectivity index (χ0v) is 7.86. The Kier molecular flexibility index (Phi) is 5.19. The molecule has 70 valence electrons. The number of hydrogen-bond donors (Lipinski definition) is 0. The van der Waals surface area contributed by atoms with Gasteiger partial charge in [0.05, 0.1) is 0 Å². The molecule has 0 aliphatic rings. The maximum Gasteiger partial charge on any atom is 0.150 e. The molecular weight excluding hydrogens is 166 g/mol. The van der Waals surface area contributed by atoms with Crippen LogP contribution in [-0.2, 0) is 0 Å². The van der Waals surface area contributed by atoms with Crippen molar-refractivity contribution in [2.75, 3.05) is 7.05 Å². The van der Waals surface area contributed by atoms with Gasteiger partial charge in [-0.15, -0.1) is 0 Å². The summed E-state index contributed by atoms with van der Waals surface area (Å²) < 4.78 is 0.500. The van der Waals surface area contributed by atoms with Gasteiger partial charge in [-0.1, -0.05) is 24.3 Å². The first kappa shape index (κ1) is 11.4. The maximum absolute atomic E-state index is 10.2. The van der Waals surface area contributed by atoms with Crippen LogP contribution in [0.25, 0.3) is 0 Å². The summed E-state index contributed by atoms with van der Waals surface area (Å²) in [5.41, 5.74) is 1.81. The first-order valence-corrected chi connectivity index (χ1v) is 3.80. The summed E-state index contributed by atoms with van der Waals surface area (Å²) in [6, 6.07) is 7.51. The highest BCUT2D eigenvalue weighted by atomic mass is 16.5. The summed E-state index contributed by atoms with van der Waals surface area (Å²) in [7, 11) is 1.33. The van der Waals surface area contributed by atoms with Crippen molar-refractivity contribution in [3.63, 3.8) is 0 Å². The van der Waals surface area contributed by atoms with E-state index in [1.54, 1.807) is 0 Å². The van der Waals surface area contributed by atoms with Gasteiger partial charge in [0.1, 0.15) is 20.1 Å². The molecule has 0 spiro atoms. The Morgan fingerprint density at radius 3 is 2.23 bits per heavy atom. The molecule has 13 heavy (non-hydrogen) atoms. The summed E-state index contributed by atoms with van der Waals surface area (Å²) in [5.74, 6) is 0. The lowest BCUT2D eigenvalue weighted by Gasteiger charge is -1.92. The number of nitrogens with zero attached hydrogens (tertiary/aromatic N) is 1. The third-order valence-electron chi connectivity index (χ3n) is 1.32. The molecule has 3 nitrogen and oxygen atoms in total. The van der Waals surface area contributed by atoms with Crippen LogP contribution in [0.1, 0.15) is 15.9 Å². The summed E-state index contributed by atoms with van der Waals surface area (Å²) in [6.45, 7) is 4.84. The summed E-state index contributed by atoms with van der Waals surface area (Å²) in [4.78, 5) is 10.2. The van der Waals surface area contributed by atoms with Crippen LogP contribution >= 0.6 is 0 Å². The van der Waals surface area contributed by atoms with Crippen LogP contribution in [0.15, 0.2) is 24.3 Å². The number of hydroxylamine groups is 1. The summed E-state index contributed by atoms with van der Waals surface area (Å²) in [5, 5.41) is 9.25. The Balaban J connectivity index is 0.000000310. The van der Waals surface area contributed by atoms with Gasteiger partial charge in [0.25, 0.3) is 0 Å². The van der Waals surface area contributed by atoms with Crippen LogP contribution in [0.5, 0.6) is 0 Å². The molecule has 0 aliphatic carbocycles. The molecule has 0 atom stereocenters. The fourth-order valence-electron chi connectivity index (χ4n) is 0.719. The number of carbonyl (C=O) groups is 1. The van der Waals surface area contributed by atoms with Gasteiger partial charge in [0.15, 0.2) is 0 Å². The van der Waals surface area contributed by atoms with Crippen molar-refractivity contribution in [2.45, 2.75) is 6.92 Å². The van der Waals surface area contributed by atoms with Gasteiger partial charge in [-0.25, -0.2) is 4.74 Å². The SMILES string of the molecule is C=[N+](C)[O-].Cc1ccccc1C=O. The van der Waals surface area contributed by atoms with Crippen LogP contribution in [-0.4, -0.2) is 24.8 Å². The van der Waals surface area contributed by atoms with E-state index in [0.717, 1.165) is 17.4 Å². The molecule has 0 aromatic heterocycles. The van der Waals surface area contributed by atoms with Gasteiger partial charge in [-0.05, 0) is 12.5 Å². The van der Waals surface area contributed by atoms with E-state index in [0.29, 0.717) is 4.74 Å². The topological polar surface area (TPSA) is 43.1 Å². The normalized spacial score (nSPS) is 8.15. The highest BCUT2D eigenvalue weighted by Crippen LogP contribution is 2.02. The third kappa shape index (κ3) is 5.61. The van der Waals surface area contributed by atoms with Crippen LogP contribution in [0.4, 0.5) is 0 Å². The Hall–Kier alpha value is -1.64. The van der Waals surface area contributed by atoms with Crippen molar-refractivity contribution in [1.29, 1.82) is 0 Å². The second-order valence-corrected chi connectivity index (χ2v) is 2.60. The molecule has 0 heterocycles. The number of rotatable bonds is 1. The van der Waals surface area contributed by atoms with E-state index in [-0.39, 0.29) is 0 Å². The number of aldehydes is 1. The molecule has 1 aromatic carbocycles. The molecule has 0 N–H and O–H groups in total. The Bertz CT molecular complexity index is 291. The molecule has 3 heteroatoms. The Labute approximate surface area is 77.9 Å². The van der Waals surface area contributed by atoms with Gasteiger partial charge in [0, 0.05) is 5.56 Å². The predicted octanol–water partition coefficient (Wildman–Crippen LogP) is 1.63. The average Bonchev–Trinajstić information content (AvgIpc) is 2.04. The van der Waals surface area contributed by atoms with Gasteiger partial charge >= 0.3 is 0 Å². The molecule has 0 amide bonds. The number of aryl methyl sites for hydroxylation is 1. The van der Waals surface area contributed by atoms with Gasteiger partial charge in [0.2, 0.25) is 0 Å². The third-order valence-corrected chi connectivity index (χ3v) is 1.32. The minimum Gasteiger partial charge on any atom is -0.624 e. The molecule has 0 aliphatic heterocycles. The van der Waals surface area contributed by atoms with Gasteiger partial charge in [-0.2, -0.15) is 0 Å². The van der Waals surface area contributed by atoms with Crippen LogP contribution in [0, 0.1) is 12.1 Å². The molecule has 0 fully saturated rings. The monoisotopic (exact) mass is 179 g/mol. The zero-order chi connectivity index (χ0) is 10.3. The fourth-order valence-corrected chi connectivity index (χ4v) is 0.719. The van der Waals surface area contributed by atoms with Crippen LogP contribution in [0.3, 0.4) is 0 Å². The highest BCUT2D eigenvalue weighted by Gasteiger charge is 1.90. The van der Waals surface area contributed by atoms with Crippen molar-refractivity contribution < 1.29 is 9.53 Å².